The summed E-state index contributed by atoms with van der Waals surface area (Å²) in [4.78, 5) is 27.3. The molecule has 0 aliphatic carbocycles. The van der Waals surface area contributed by atoms with Crippen molar-refractivity contribution in [3.63, 3.8) is 0 Å². The topological polar surface area (TPSA) is 72.9 Å². The molecule has 0 saturated carbocycles. The quantitative estimate of drug-likeness (QED) is 0.838. The van der Waals surface area contributed by atoms with E-state index in [0.717, 1.165) is 13.1 Å². The van der Waals surface area contributed by atoms with Crippen LogP contribution in [0.5, 0.6) is 0 Å². The van der Waals surface area contributed by atoms with Gasteiger partial charge in [0.15, 0.2) is 0 Å². The second kappa shape index (κ2) is 7.55. The molecule has 2 N–H and O–H groups in total. The van der Waals surface area contributed by atoms with Gasteiger partial charge in [-0.3, -0.25) is 4.79 Å². The Morgan fingerprint density at radius 2 is 2.08 bits per heavy atom. The minimum atomic E-state index is -0.838. The van der Waals surface area contributed by atoms with Gasteiger partial charge in [-0.15, -0.1) is 0 Å². The van der Waals surface area contributed by atoms with Crippen LogP contribution in [0.2, 0.25) is 0 Å². The number of carboxylic acid groups (broad SMARTS) is 1. The Hall–Kier alpha value is -2.24. The largest absolute Gasteiger partial charge is 0.481 e. The fourth-order valence-electron chi connectivity index (χ4n) is 3.09. The highest BCUT2D eigenvalue weighted by Gasteiger charge is 2.42. The number of amides is 2. The molecule has 1 aliphatic rings. The number of benzene rings is 1. The van der Waals surface area contributed by atoms with E-state index in [1.807, 2.05) is 12.1 Å². The SMILES string of the molecule is CCN(CCNC(=O)N1CCC(C)(C(=O)O)C1)c1ccccc1C. The molecule has 2 rings (SSSR count). The molecule has 0 radical (unpaired) electrons. The minimum absolute atomic E-state index is 0.180. The first-order chi connectivity index (χ1) is 11.4. The van der Waals surface area contributed by atoms with Gasteiger partial charge in [0.05, 0.1) is 5.41 Å². The fraction of sp³-hybridized carbons (Fsp3) is 0.556. The van der Waals surface area contributed by atoms with Crippen molar-refractivity contribution >= 4 is 17.7 Å². The van der Waals surface area contributed by atoms with E-state index >= 15 is 0 Å². The van der Waals surface area contributed by atoms with Crippen molar-refractivity contribution in [3.05, 3.63) is 29.8 Å². The van der Waals surface area contributed by atoms with Crippen LogP contribution in [-0.4, -0.2) is 54.7 Å². The van der Waals surface area contributed by atoms with Crippen molar-refractivity contribution in [2.24, 2.45) is 5.41 Å². The molecule has 1 fully saturated rings. The maximum atomic E-state index is 12.2. The maximum absolute atomic E-state index is 12.2. The number of aryl methyl sites for hydroxylation is 1. The van der Waals surface area contributed by atoms with Crippen LogP contribution in [0, 0.1) is 12.3 Å². The fourth-order valence-corrected chi connectivity index (χ4v) is 3.09. The summed E-state index contributed by atoms with van der Waals surface area (Å²) >= 11 is 0. The molecule has 1 aliphatic heterocycles. The van der Waals surface area contributed by atoms with E-state index in [2.05, 4.69) is 36.2 Å². The number of aliphatic carboxylic acids is 1. The summed E-state index contributed by atoms with van der Waals surface area (Å²) in [5.74, 6) is -0.838. The molecule has 6 nitrogen and oxygen atoms in total. The molecule has 1 saturated heterocycles. The first kappa shape index (κ1) is 18.1. The summed E-state index contributed by atoms with van der Waals surface area (Å²) in [6.45, 7) is 8.73. The number of rotatable bonds is 6. The lowest BCUT2D eigenvalue weighted by Crippen LogP contribution is -2.43. The smallest absolute Gasteiger partial charge is 0.317 e. The molecular formula is C18H27N3O3. The molecule has 24 heavy (non-hydrogen) atoms. The third kappa shape index (κ3) is 3.99. The molecule has 6 heteroatoms. The van der Waals surface area contributed by atoms with Gasteiger partial charge in [0.25, 0.3) is 0 Å². The van der Waals surface area contributed by atoms with Gasteiger partial charge < -0.3 is 20.2 Å². The molecule has 1 atom stereocenters. The number of carbonyl (C=O) groups excluding carboxylic acids is 1. The normalized spacial score (nSPS) is 20.0. The number of anilines is 1. The van der Waals surface area contributed by atoms with Crippen LogP contribution in [0.4, 0.5) is 10.5 Å². The number of hydrogen-bond donors (Lipinski definition) is 2. The average Bonchev–Trinajstić information content (AvgIpc) is 2.96. The highest BCUT2D eigenvalue weighted by atomic mass is 16.4. The van der Waals surface area contributed by atoms with Crippen LogP contribution < -0.4 is 10.2 Å². The monoisotopic (exact) mass is 333 g/mol. The van der Waals surface area contributed by atoms with Crippen molar-refractivity contribution < 1.29 is 14.7 Å². The van der Waals surface area contributed by atoms with Crippen LogP contribution >= 0.6 is 0 Å². The van der Waals surface area contributed by atoms with Crippen molar-refractivity contribution in [1.29, 1.82) is 0 Å². The lowest BCUT2D eigenvalue weighted by molar-refractivity contribution is -0.146. The number of nitrogens with one attached hydrogen (secondary N) is 1. The number of likely N-dealkylation sites (tertiary alicyclic amines) is 1. The van der Waals surface area contributed by atoms with E-state index in [9.17, 15) is 14.7 Å². The van der Waals surface area contributed by atoms with Crippen molar-refractivity contribution in [3.8, 4) is 0 Å². The van der Waals surface area contributed by atoms with Gasteiger partial charge in [0, 0.05) is 38.4 Å². The Morgan fingerprint density at radius 3 is 2.67 bits per heavy atom. The summed E-state index contributed by atoms with van der Waals surface area (Å²) in [6, 6.07) is 8.01. The zero-order valence-electron chi connectivity index (χ0n) is 14.7. The first-order valence-electron chi connectivity index (χ1n) is 8.44. The average molecular weight is 333 g/mol. The van der Waals surface area contributed by atoms with Crippen LogP contribution in [-0.2, 0) is 4.79 Å². The lowest BCUT2D eigenvalue weighted by Gasteiger charge is -2.26. The van der Waals surface area contributed by atoms with Gasteiger partial charge in [-0.05, 0) is 38.8 Å². The van der Waals surface area contributed by atoms with Crippen LogP contribution in [0.25, 0.3) is 0 Å². The van der Waals surface area contributed by atoms with Gasteiger partial charge in [-0.1, -0.05) is 18.2 Å². The zero-order chi connectivity index (χ0) is 17.7. The zero-order valence-corrected chi connectivity index (χ0v) is 14.7. The molecule has 1 heterocycles. The number of likely N-dealkylation sites (N-methyl/N-ethyl adjacent to an activating group) is 1. The lowest BCUT2D eigenvalue weighted by atomic mass is 9.90. The molecule has 0 spiro atoms. The third-order valence-corrected chi connectivity index (χ3v) is 4.77. The van der Waals surface area contributed by atoms with Gasteiger partial charge in [-0.2, -0.15) is 0 Å². The van der Waals surface area contributed by atoms with E-state index in [4.69, 9.17) is 0 Å². The number of urea groups is 1. The Morgan fingerprint density at radius 1 is 1.38 bits per heavy atom. The number of hydrogen-bond acceptors (Lipinski definition) is 3. The first-order valence-corrected chi connectivity index (χ1v) is 8.44. The molecule has 1 unspecified atom stereocenters. The van der Waals surface area contributed by atoms with Crippen molar-refractivity contribution in [2.45, 2.75) is 27.2 Å². The Kier molecular flexibility index (Phi) is 5.70. The van der Waals surface area contributed by atoms with Crippen LogP contribution in [0.3, 0.4) is 0 Å². The predicted octanol–water partition coefficient (Wildman–Crippen LogP) is 2.33. The van der Waals surface area contributed by atoms with E-state index in [0.29, 0.717) is 19.5 Å². The molecule has 1 aromatic carbocycles. The number of carbonyl (C=O) groups is 2. The summed E-state index contributed by atoms with van der Waals surface area (Å²) in [5.41, 5.74) is 1.56. The maximum Gasteiger partial charge on any atom is 0.317 e. The minimum Gasteiger partial charge on any atom is -0.481 e. The van der Waals surface area contributed by atoms with Crippen molar-refractivity contribution in [2.75, 3.05) is 37.6 Å². The predicted molar refractivity (Wildman–Crippen MR) is 94.4 cm³/mol. The van der Waals surface area contributed by atoms with E-state index in [1.54, 1.807) is 11.8 Å². The van der Waals surface area contributed by atoms with Gasteiger partial charge in [0.2, 0.25) is 0 Å². The van der Waals surface area contributed by atoms with Crippen LogP contribution in [0.15, 0.2) is 24.3 Å². The van der Waals surface area contributed by atoms with E-state index in [1.165, 1.54) is 11.3 Å². The highest BCUT2D eigenvalue weighted by Crippen LogP contribution is 2.29. The molecule has 132 valence electrons. The molecular weight excluding hydrogens is 306 g/mol. The van der Waals surface area contributed by atoms with Crippen molar-refractivity contribution in [1.82, 2.24) is 10.2 Å². The molecule has 2 amide bonds. The summed E-state index contributed by atoms with van der Waals surface area (Å²) in [5, 5.41) is 12.1. The second-order valence-corrected chi connectivity index (χ2v) is 6.64. The Balaban J connectivity index is 1.84. The van der Waals surface area contributed by atoms with E-state index in [-0.39, 0.29) is 12.6 Å². The Bertz CT molecular complexity index is 605. The van der Waals surface area contributed by atoms with Gasteiger partial charge in [-0.25, -0.2) is 4.79 Å². The highest BCUT2D eigenvalue weighted by molar-refractivity contribution is 5.79. The van der Waals surface area contributed by atoms with Gasteiger partial charge >= 0.3 is 12.0 Å². The van der Waals surface area contributed by atoms with Gasteiger partial charge in [0.1, 0.15) is 0 Å². The standard InChI is InChI=1S/C18H27N3O3/c1-4-20(15-8-6-5-7-14(15)2)12-10-19-17(24)21-11-9-18(3,13-21)16(22)23/h5-8H,4,9-13H2,1-3H3,(H,19,24)(H,22,23). The Labute approximate surface area is 143 Å². The molecule has 0 bridgehead atoms. The molecule has 0 aromatic heterocycles. The second-order valence-electron chi connectivity index (χ2n) is 6.64. The number of nitrogens with zero attached hydrogens (tertiary/aromatic N) is 2. The number of para-hydroxylation sites is 1. The van der Waals surface area contributed by atoms with E-state index < -0.39 is 11.4 Å². The molecule has 1 aromatic rings. The third-order valence-electron chi connectivity index (χ3n) is 4.77. The summed E-state index contributed by atoms with van der Waals surface area (Å²) in [7, 11) is 0. The summed E-state index contributed by atoms with van der Waals surface area (Å²) in [6.07, 6.45) is 0.500. The van der Waals surface area contributed by atoms with Crippen LogP contribution in [0.1, 0.15) is 25.8 Å². The number of carboxylic acids is 1. The summed E-state index contributed by atoms with van der Waals surface area (Å²) < 4.78 is 0.